The van der Waals surface area contributed by atoms with E-state index in [1.807, 2.05) is 32.1 Å². The molecule has 268 valence electrons. The van der Waals surface area contributed by atoms with Gasteiger partial charge in [0.15, 0.2) is 0 Å². The molecule has 2 aromatic heterocycles. The van der Waals surface area contributed by atoms with Crippen LogP contribution < -0.4 is 0 Å². The molecule has 0 radical (unpaired) electrons. The normalized spacial score (nSPS) is 17.7. The lowest BCUT2D eigenvalue weighted by Crippen LogP contribution is -2.41. The summed E-state index contributed by atoms with van der Waals surface area (Å²) in [5.41, 5.74) is 12.0. The molecule has 2 aromatic rings. The topological polar surface area (TPSA) is 121 Å². The largest absolute Gasteiger partial charge is 0.469 e. The molecule has 51 heavy (non-hydrogen) atoms. The van der Waals surface area contributed by atoms with E-state index in [0.717, 1.165) is 100 Å². The highest BCUT2D eigenvalue weighted by atomic mass is 16.5. The zero-order chi connectivity index (χ0) is 36.6. The van der Waals surface area contributed by atoms with Crippen molar-refractivity contribution in [3.05, 3.63) is 81.7 Å². The summed E-state index contributed by atoms with van der Waals surface area (Å²) in [5.74, 6) is -1.20. The maximum absolute atomic E-state index is 14.7. The summed E-state index contributed by atoms with van der Waals surface area (Å²) >= 11 is 0. The lowest BCUT2D eigenvalue weighted by molar-refractivity contribution is -0.140. The number of H-pyrrole nitrogens is 2. The zero-order valence-electron chi connectivity index (χ0n) is 31.2. The van der Waals surface area contributed by atoms with Gasteiger partial charge in [-0.2, -0.15) is 0 Å². The predicted molar refractivity (Wildman–Crippen MR) is 204 cm³/mol. The predicted octanol–water partition coefficient (Wildman–Crippen LogP) is 9.60. The van der Waals surface area contributed by atoms with Crippen molar-refractivity contribution in [3.8, 4) is 0 Å². The van der Waals surface area contributed by atoms with Crippen LogP contribution in [0.15, 0.2) is 30.9 Å². The van der Waals surface area contributed by atoms with E-state index in [2.05, 4.69) is 50.3 Å². The summed E-state index contributed by atoms with van der Waals surface area (Å²) in [7, 11) is 1.39. The molecule has 0 spiro atoms. The average molecular weight is 690 g/mol. The van der Waals surface area contributed by atoms with E-state index in [-0.39, 0.29) is 36.0 Å². The molecule has 2 amide bonds. The highest BCUT2D eigenvalue weighted by Gasteiger charge is 2.40. The minimum absolute atomic E-state index is 0.0835. The minimum atomic E-state index is -0.318. The maximum Gasteiger partial charge on any atom is 0.305 e. The van der Waals surface area contributed by atoms with Crippen LogP contribution in [-0.4, -0.2) is 56.3 Å². The second-order valence-corrected chi connectivity index (χ2v) is 14.2. The number of aryl methyl sites for hydroxylation is 1. The summed E-state index contributed by atoms with van der Waals surface area (Å²) in [5, 5.41) is 0. The van der Waals surface area contributed by atoms with Crippen molar-refractivity contribution < 1.29 is 19.1 Å². The van der Waals surface area contributed by atoms with E-state index >= 15 is 0 Å². The van der Waals surface area contributed by atoms with E-state index in [4.69, 9.17) is 14.7 Å². The van der Waals surface area contributed by atoms with Crippen molar-refractivity contribution in [1.82, 2.24) is 24.8 Å². The number of unbranched alkanes of at least 4 members (excludes halogenated alkanes) is 5. The Labute approximate surface area is 301 Å². The van der Waals surface area contributed by atoms with Crippen molar-refractivity contribution in [2.75, 3.05) is 13.7 Å². The zero-order valence-corrected chi connectivity index (χ0v) is 31.2. The number of ether oxygens (including phenoxy) is 1. The summed E-state index contributed by atoms with van der Waals surface area (Å²) in [6, 6.07) is 6.09. The Bertz CT molecular complexity index is 2060. The number of aromatic nitrogens is 4. The molecule has 2 N–H and O–H groups in total. The Morgan fingerprint density at radius 2 is 1.59 bits per heavy atom. The molecule has 6 rings (SSSR count). The van der Waals surface area contributed by atoms with Crippen LogP contribution in [0.4, 0.5) is 0 Å². The molecule has 9 nitrogen and oxygen atoms in total. The first-order valence-electron chi connectivity index (χ1n) is 18.6. The molecule has 4 aliphatic heterocycles. The van der Waals surface area contributed by atoms with E-state index < -0.39 is 0 Å². The van der Waals surface area contributed by atoms with Gasteiger partial charge in [0.25, 0.3) is 11.8 Å². The van der Waals surface area contributed by atoms with Crippen LogP contribution in [0.1, 0.15) is 165 Å². The van der Waals surface area contributed by atoms with E-state index in [9.17, 15) is 14.4 Å². The first-order chi connectivity index (χ1) is 24.5. The number of imide groups is 1. The van der Waals surface area contributed by atoms with Crippen LogP contribution in [0.3, 0.4) is 0 Å². The van der Waals surface area contributed by atoms with Crippen LogP contribution in [0.2, 0.25) is 0 Å². The van der Waals surface area contributed by atoms with Gasteiger partial charge >= 0.3 is 5.97 Å². The standard InChI is InChI=1S/C42H51N5O4/c1-9-12-13-14-15-16-19-47-41(49)37-26(7)33-22-35-28(11-3)24(5)31(44-35)21-34-27(10-2)23(4)30(43-34)20-32-25(6)29(17-18-36(48)51-8)39(45-32)38(42(47)50)40(37)46-33/h10,20-22,25,29,45-46H,2,9,11-19H2,1,3-8H3/t25-,29-/m0/s1. The first kappa shape index (κ1) is 36.0. The first-order valence-corrected chi connectivity index (χ1v) is 18.6. The number of hydrogen-bond donors (Lipinski definition) is 2. The Kier molecular flexibility index (Phi) is 10.5. The number of aromatic amines is 2. The van der Waals surface area contributed by atoms with Gasteiger partial charge in [-0.3, -0.25) is 19.3 Å². The fourth-order valence-electron chi connectivity index (χ4n) is 8.06. The van der Waals surface area contributed by atoms with Gasteiger partial charge < -0.3 is 14.7 Å². The maximum atomic E-state index is 14.7. The molecule has 0 fully saturated rings. The number of rotatable bonds is 12. The summed E-state index contributed by atoms with van der Waals surface area (Å²) in [6.07, 6.45) is 9.54. The molecule has 4 aliphatic rings. The lowest BCUT2D eigenvalue weighted by atomic mass is 9.84. The molecular formula is C42H51N5O4. The van der Waals surface area contributed by atoms with Gasteiger partial charge in [-0.05, 0) is 80.5 Å². The summed E-state index contributed by atoms with van der Waals surface area (Å²) in [6.45, 7) is 17.0. The number of fused-ring (bicyclic) bond motifs is 8. The Morgan fingerprint density at radius 1 is 0.902 bits per heavy atom. The number of esters is 1. The molecule has 8 bridgehead atoms. The average Bonchev–Trinajstić information content (AvgIpc) is 3.79. The molecule has 2 atom stereocenters. The second kappa shape index (κ2) is 14.8. The molecule has 0 unspecified atom stereocenters. The Balaban J connectivity index is 1.67. The van der Waals surface area contributed by atoms with E-state index in [1.165, 1.54) is 18.4 Å². The fourth-order valence-corrected chi connectivity index (χ4v) is 8.06. The summed E-state index contributed by atoms with van der Waals surface area (Å²) in [4.78, 5) is 60.3. The number of nitrogens with one attached hydrogen (secondary N) is 2. The lowest BCUT2D eigenvalue weighted by Gasteiger charge is -2.27. The number of hydrogen-bond acceptors (Lipinski definition) is 6. The number of allylic oxidation sites excluding steroid dienone is 5. The number of methoxy groups -OCH3 is 1. The monoisotopic (exact) mass is 689 g/mol. The number of nitrogens with zero attached hydrogens (tertiary/aromatic N) is 3. The Hall–Kier alpha value is -4.79. The van der Waals surface area contributed by atoms with Gasteiger partial charge in [-0.15, -0.1) is 0 Å². The smallest absolute Gasteiger partial charge is 0.305 e. The highest BCUT2D eigenvalue weighted by Crippen LogP contribution is 2.45. The number of carbonyl (C=O) groups is 3. The third-order valence-electron chi connectivity index (χ3n) is 11.2. The molecule has 9 heteroatoms. The van der Waals surface area contributed by atoms with Gasteiger partial charge in [0.1, 0.15) is 0 Å². The molecule has 0 saturated heterocycles. The van der Waals surface area contributed by atoms with Crippen molar-refractivity contribution in [1.29, 1.82) is 0 Å². The molecule has 6 heterocycles. The van der Waals surface area contributed by atoms with Crippen LogP contribution in [0, 0.1) is 6.92 Å². The van der Waals surface area contributed by atoms with Gasteiger partial charge in [-0.25, -0.2) is 9.97 Å². The molecular weight excluding hydrogens is 638 g/mol. The van der Waals surface area contributed by atoms with Crippen molar-refractivity contribution in [3.63, 3.8) is 0 Å². The number of amides is 2. The third kappa shape index (κ3) is 6.47. The van der Waals surface area contributed by atoms with Crippen molar-refractivity contribution >= 4 is 51.1 Å². The quantitative estimate of drug-likeness (QED) is 0.130. The molecule has 0 saturated carbocycles. The van der Waals surface area contributed by atoms with Gasteiger partial charge in [0, 0.05) is 47.3 Å². The second-order valence-electron chi connectivity index (χ2n) is 14.2. The minimum Gasteiger partial charge on any atom is -0.469 e. The van der Waals surface area contributed by atoms with Gasteiger partial charge in [0.2, 0.25) is 0 Å². The third-order valence-corrected chi connectivity index (χ3v) is 11.2. The van der Waals surface area contributed by atoms with Gasteiger partial charge in [-0.1, -0.05) is 65.5 Å². The van der Waals surface area contributed by atoms with E-state index in [1.54, 1.807) is 0 Å². The Morgan fingerprint density at radius 3 is 2.29 bits per heavy atom. The van der Waals surface area contributed by atoms with Crippen LogP contribution in [-0.2, 0) is 9.53 Å². The fraction of sp³-hybridized carbons (Fsp3) is 0.452. The van der Waals surface area contributed by atoms with E-state index in [0.29, 0.717) is 35.3 Å². The van der Waals surface area contributed by atoms with Crippen LogP contribution >= 0.6 is 0 Å². The molecule has 0 aromatic carbocycles. The highest BCUT2D eigenvalue weighted by molar-refractivity contribution is 6.23. The van der Waals surface area contributed by atoms with Gasteiger partial charge in [0.05, 0.1) is 46.5 Å². The van der Waals surface area contributed by atoms with Crippen LogP contribution in [0.5, 0.6) is 0 Å². The molecule has 0 aliphatic carbocycles. The van der Waals surface area contributed by atoms with Crippen molar-refractivity contribution in [2.24, 2.45) is 0 Å². The SMILES string of the molecule is C=CC1=C(C)c2cc3[nH]c(c4c5[nH]c(cc6nc(cc1n2)C(C)=C6CC)c(C)c5C(=O)N(CCCCCCCC)C4=O)[C@@H](CCC(=O)OC)[C@@H]3C. The summed E-state index contributed by atoms with van der Waals surface area (Å²) < 4.78 is 5.03. The van der Waals surface area contributed by atoms with Crippen molar-refractivity contribution in [2.45, 2.75) is 111 Å². The number of carbonyl (C=O) groups excluding carboxylic acids is 3. The van der Waals surface area contributed by atoms with Crippen LogP contribution in [0.25, 0.3) is 33.3 Å².